The standard InChI is InChI=1S/C20H25N5O3S.ClH/c1-5-10-6-7-25(9-10)20-24-19(22)17(29-20)15-14-13(18(21)23-15)11(26-2)8-12(27-3)16(14)28-4;/h8,10,21H,5-7,9,22H2,1-4H3;1H. The average Bonchev–Trinajstić information content (AvgIpc) is 3.44. The Labute approximate surface area is 186 Å². The number of nitrogens with zero attached hydrogens (tertiary/aromatic N) is 3. The summed E-state index contributed by atoms with van der Waals surface area (Å²) in [5.74, 6) is 2.73. The van der Waals surface area contributed by atoms with Crippen LogP contribution in [0.3, 0.4) is 0 Å². The topological polar surface area (TPSA) is 106 Å². The van der Waals surface area contributed by atoms with Gasteiger partial charge in [-0.15, -0.1) is 12.4 Å². The number of fused-ring (bicyclic) bond motifs is 1. The lowest BCUT2D eigenvalue weighted by molar-refractivity contribution is 0.348. The number of rotatable bonds is 6. The van der Waals surface area contributed by atoms with Gasteiger partial charge in [-0.2, -0.15) is 0 Å². The first-order valence-corrected chi connectivity index (χ1v) is 10.4. The molecule has 1 atom stereocenters. The van der Waals surface area contributed by atoms with E-state index in [1.807, 2.05) is 0 Å². The van der Waals surface area contributed by atoms with Gasteiger partial charge in [0.15, 0.2) is 22.5 Å². The third kappa shape index (κ3) is 3.45. The zero-order valence-corrected chi connectivity index (χ0v) is 19.1. The van der Waals surface area contributed by atoms with E-state index in [0.717, 1.165) is 29.5 Å². The van der Waals surface area contributed by atoms with Crippen LogP contribution in [0.1, 0.15) is 35.8 Å². The summed E-state index contributed by atoms with van der Waals surface area (Å²) >= 11 is 1.50. The lowest BCUT2D eigenvalue weighted by atomic mass is 10.0. The highest BCUT2D eigenvalue weighted by Gasteiger charge is 2.35. The molecule has 2 aliphatic rings. The number of ether oxygens (including phenoxy) is 3. The smallest absolute Gasteiger partial charge is 0.188 e. The Kier molecular flexibility index (Phi) is 6.42. The number of nitrogen functional groups attached to an aromatic ring is 1. The number of nitrogens with two attached hydrogens (primary N) is 1. The predicted octanol–water partition coefficient (Wildman–Crippen LogP) is 3.59. The van der Waals surface area contributed by atoms with Crippen LogP contribution in [0.4, 0.5) is 10.9 Å². The van der Waals surface area contributed by atoms with Gasteiger partial charge in [0.25, 0.3) is 0 Å². The number of methoxy groups -OCH3 is 3. The molecule has 0 amide bonds. The molecular formula is C20H26ClN5O3S. The molecule has 0 aliphatic carbocycles. The third-order valence-corrected chi connectivity index (χ3v) is 6.68. The average molecular weight is 452 g/mol. The number of aromatic nitrogens is 1. The monoisotopic (exact) mass is 451 g/mol. The molecule has 10 heteroatoms. The van der Waals surface area contributed by atoms with Crippen LogP contribution in [-0.2, 0) is 0 Å². The molecule has 0 saturated carbocycles. The lowest BCUT2D eigenvalue weighted by Gasteiger charge is -2.16. The summed E-state index contributed by atoms with van der Waals surface area (Å²) in [7, 11) is 4.70. The molecule has 1 saturated heterocycles. The summed E-state index contributed by atoms with van der Waals surface area (Å²) in [6, 6.07) is 1.71. The van der Waals surface area contributed by atoms with Crippen LogP contribution in [0.25, 0.3) is 0 Å². The van der Waals surface area contributed by atoms with Crippen LogP contribution < -0.4 is 24.8 Å². The van der Waals surface area contributed by atoms with Crippen molar-refractivity contribution in [3.05, 3.63) is 22.1 Å². The highest BCUT2D eigenvalue weighted by molar-refractivity contribution is 7.18. The number of amidine groups is 1. The molecule has 1 aromatic heterocycles. The normalized spacial score (nSPS) is 17.5. The van der Waals surface area contributed by atoms with E-state index < -0.39 is 0 Å². The highest BCUT2D eigenvalue weighted by atomic mass is 35.5. The Morgan fingerprint density at radius 2 is 1.93 bits per heavy atom. The van der Waals surface area contributed by atoms with Gasteiger partial charge in [-0.1, -0.05) is 24.7 Å². The highest BCUT2D eigenvalue weighted by Crippen LogP contribution is 2.45. The van der Waals surface area contributed by atoms with Crippen LogP contribution >= 0.6 is 23.7 Å². The van der Waals surface area contributed by atoms with Crippen LogP contribution in [0.5, 0.6) is 17.2 Å². The second kappa shape index (κ2) is 8.69. The Bertz CT molecular complexity index is 1010. The molecule has 4 rings (SSSR count). The zero-order valence-electron chi connectivity index (χ0n) is 17.4. The number of nitrogens with one attached hydrogen (secondary N) is 1. The van der Waals surface area contributed by atoms with Crippen molar-refractivity contribution in [2.45, 2.75) is 19.8 Å². The molecule has 0 radical (unpaired) electrons. The van der Waals surface area contributed by atoms with Gasteiger partial charge >= 0.3 is 0 Å². The molecule has 1 fully saturated rings. The van der Waals surface area contributed by atoms with Crippen molar-refractivity contribution >= 4 is 46.2 Å². The van der Waals surface area contributed by atoms with Gasteiger partial charge in [0.05, 0.1) is 43.0 Å². The van der Waals surface area contributed by atoms with Crippen molar-refractivity contribution in [3.63, 3.8) is 0 Å². The summed E-state index contributed by atoms with van der Waals surface area (Å²) in [4.78, 5) is 12.1. The molecule has 1 unspecified atom stereocenters. The van der Waals surface area contributed by atoms with Crippen molar-refractivity contribution in [3.8, 4) is 17.2 Å². The second-order valence-electron chi connectivity index (χ2n) is 7.09. The molecule has 162 valence electrons. The van der Waals surface area contributed by atoms with E-state index in [0.29, 0.717) is 45.8 Å². The molecular weight excluding hydrogens is 426 g/mol. The summed E-state index contributed by atoms with van der Waals surface area (Å²) in [5, 5.41) is 9.31. The van der Waals surface area contributed by atoms with Crippen molar-refractivity contribution < 1.29 is 14.2 Å². The molecule has 3 N–H and O–H groups in total. The minimum absolute atomic E-state index is 0. The maximum absolute atomic E-state index is 8.42. The number of aliphatic imine (C=N–C) groups is 1. The first-order chi connectivity index (χ1) is 14.0. The maximum Gasteiger partial charge on any atom is 0.188 e. The summed E-state index contributed by atoms with van der Waals surface area (Å²) in [5.41, 5.74) is 8.11. The molecule has 0 spiro atoms. The molecule has 30 heavy (non-hydrogen) atoms. The third-order valence-electron chi connectivity index (χ3n) is 5.54. The van der Waals surface area contributed by atoms with Gasteiger partial charge in [0.1, 0.15) is 11.6 Å². The Morgan fingerprint density at radius 3 is 2.53 bits per heavy atom. The van der Waals surface area contributed by atoms with Crippen molar-refractivity contribution in [1.29, 1.82) is 5.41 Å². The first kappa shape index (κ1) is 22.2. The molecule has 2 aromatic rings. The van der Waals surface area contributed by atoms with E-state index >= 15 is 0 Å². The Morgan fingerprint density at radius 1 is 1.20 bits per heavy atom. The van der Waals surface area contributed by atoms with E-state index in [1.165, 1.54) is 17.8 Å². The van der Waals surface area contributed by atoms with Crippen molar-refractivity contribution in [1.82, 2.24) is 4.98 Å². The van der Waals surface area contributed by atoms with E-state index in [9.17, 15) is 0 Å². The van der Waals surface area contributed by atoms with Crippen LogP contribution in [0, 0.1) is 11.3 Å². The van der Waals surface area contributed by atoms with Crippen molar-refractivity contribution in [2.24, 2.45) is 10.9 Å². The number of hydrogen-bond acceptors (Lipinski definition) is 8. The van der Waals surface area contributed by atoms with Gasteiger partial charge in [0, 0.05) is 19.2 Å². The maximum atomic E-state index is 8.42. The fourth-order valence-corrected chi connectivity index (χ4v) is 4.96. The van der Waals surface area contributed by atoms with Gasteiger partial charge < -0.3 is 24.8 Å². The van der Waals surface area contributed by atoms with Gasteiger partial charge in [0.2, 0.25) is 0 Å². The number of benzene rings is 1. The quantitative estimate of drug-likeness (QED) is 0.695. The molecule has 3 heterocycles. The van der Waals surface area contributed by atoms with Crippen molar-refractivity contribution in [2.75, 3.05) is 45.1 Å². The fourth-order valence-electron chi connectivity index (χ4n) is 3.95. The molecule has 8 nitrogen and oxygen atoms in total. The van der Waals surface area contributed by atoms with Gasteiger partial charge in [-0.05, 0) is 12.3 Å². The molecule has 0 bridgehead atoms. The fraction of sp³-hybridized carbons (Fsp3) is 0.450. The minimum atomic E-state index is 0. The van der Waals surface area contributed by atoms with E-state index in [2.05, 4.69) is 21.8 Å². The first-order valence-electron chi connectivity index (χ1n) is 9.54. The SMILES string of the molecule is CCC1CCN(c2nc(N)c(C3=NC(=N)c4c(OC)cc(OC)c(OC)c43)s2)C1.Cl. The number of halogens is 1. The zero-order chi connectivity index (χ0) is 20.7. The minimum Gasteiger partial charge on any atom is -0.496 e. The number of thiazole rings is 1. The van der Waals surface area contributed by atoms with E-state index in [4.69, 9.17) is 25.4 Å². The van der Waals surface area contributed by atoms with Crippen LogP contribution in [0.2, 0.25) is 0 Å². The summed E-state index contributed by atoms with van der Waals surface area (Å²) < 4.78 is 16.6. The number of hydrogen-bond donors (Lipinski definition) is 2. The summed E-state index contributed by atoms with van der Waals surface area (Å²) in [6.45, 7) is 4.19. The number of anilines is 2. The Hall–Kier alpha value is -2.52. The van der Waals surface area contributed by atoms with Gasteiger partial charge in [-0.3, -0.25) is 5.41 Å². The Balaban J connectivity index is 0.00000256. The predicted molar refractivity (Wildman–Crippen MR) is 123 cm³/mol. The van der Waals surface area contributed by atoms with E-state index in [-0.39, 0.29) is 18.2 Å². The largest absolute Gasteiger partial charge is 0.496 e. The van der Waals surface area contributed by atoms with Gasteiger partial charge in [-0.25, -0.2) is 9.98 Å². The second-order valence-corrected chi connectivity index (χ2v) is 8.07. The molecule has 1 aromatic carbocycles. The molecule has 2 aliphatic heterocycles. The lowest BCUT2D eigenvalue weighted by Crippen LogP contribution is -2.19. The van der Waals surface area contributed by atoms with Crippen LogP contribution in [0.15, 0.2) is 11.1 Å². The van der Waals surface area contributed by atoms with Crippen LogP contribution in [-0.4, -0.2) is 51.0 Å². The summed E-state index contributed by atoms with van der Waals surface area (Å²) in [6.07, 6.45) is 2.33. The van der Waals surface area contributed by atoms with E-state index in [1.54, 1.807) is 27.4 Å².